The second kappa shape index (κ2) is 8.11. The van der Waals surface area contributed by atoms with E-state index in [9.17, 15) is 9.59 Å². The topological polar surface area (TPSA) is 58.6 Å². The van der Waals surface area contributed by atoms with Crippen molar-refractivity contribution >= 4 is 17.7 Å². The van der Waals surface area contributed by atoms with Gasteiger partial charge >= 0.3 is 6.09 Å². The molecule has 1 saturated carbocycles. The Morgan fingerprint density at radius 3 is 2.50 bits per heavy atom. The maximum atomic E-state index is 13.1. The van der Waals surface area contributed by atoms with E-state index in [0.717, 1.165) is 57.2 Å². The molecular weight excluding hydrogens is 328 g/mol. The highest BCUT2D eigenvalue weighted by Gasteiger charge is 2.49. The number of alkyl carbamates (subject to hydrolysis) is 1. The van der Waals surface area contributed by atoms with Crippen molar-refractivity contribution in [2.45, 2.75) is 64.9 Å². The van der Waals surface area contributed by atoms with E-state index in [0.29, 0.717) is 6.54 Å². The van der Waals surface area contributed by atoms with Gasteiger partial charge in [-0.25, -0.2) is 4.79 Å². The second-order valence-electron chi connectivity index (χ2n) is 7.54. The number of nitrogens with one attached hydrogen (secondary N) is 1. The predicted molar refractivity (Wildman–Crippen MR) is 102 cm³/mol. The molecule has 142 valence electrons. The van der Waals surface area contributed by atoms with Gasteiger partial charge in [-0.3, -0.25) is 4.79 Å². The van der Waals surface area contributed by atoms with Crippen LogP contribution in [0.5, 0.6) is 0 Å². The number of ether oxygens (including phenoxy) is 1. The molecule has 1 aromatic rings. The summed E-state index contributed by atoms with van der Waals surface area (Å²) in [6, 6.07) is 8.33. The summed E-state index contributed by atoms with van der Waals surface area (Å²) in [6.07, 6.45) is 5.56. The summed E-state index contributed by atoms with van der Waals surface area (Å²) in [5, 5.41) is 2.75. The van der Waals surface area contributed by atoms with Gasteiger partial charge in [0.25, 0.3) is 0 Å². The first-order valence-corrected chi connectivity index (χ1v) is 9.93. The lowest BCUT2D eigenvalue weighted by molar-refractivity contribution is -0.128. The Morgan fingerprint density at radius 2 is 1.88 bits per heavy atom. The van der Waals surface area contributed by atoms with Crippen molar-refractivity contribution in [2.24, 2.45) is 5.41 Å². The summed E-state index contributed by atoms with van der Waals surface area (Å²) < 4.78 is 5.49. The SMILES string of the molecule is CCCNC(=O)O[C@H]1CC[C@]2(CCN(c3ccc(CC)cc3)C2=O)CC1. The van der Waals surface area contributed by atoms with Gasteiger partial charge in [0.15, 0.2) is 0 Å². The van der Waals surface area contributed by atoms with Crippen LogP contribution >= 0.6 is 0 Å². The Labute approximate surface area is 156 Å². The third-order valence-corrected chi connectivity index (χ3v) is 5.85. The lowest BCUT2D eigenvalue weighted by Crippen LogP contribution is -2.40. The van der Waals surface area contributed by atoms with Crippen LogP contribution in [0.4, 0.5) is 10.5 Å². The monoisotopic (exact) mass is 358 g/mol. The summed E-state index contributed by atoms with van der Waals surface area (Å²) in [7, 11) is 0. The molecule has 5 heteroatoms. The Kier molecular flexibility index (Phi) is 5.84. The molecule has 2 amide bonds. The first-order valence-electron chi connectivity index (χ1n) is 9.93. The van der Waals surface area contributed by atoms with E-state index < -0.39 is 0 Å². The fraction of sp³-hybridized carbons (Fsp3) is 0.619. The average Bonchev–Trinajstić information content (AvgIpc) is 2.98. The number of benzene rings is 1. The minimum absolute atomic E-state index is 0.0665. The van der Waals surface area contributed by atoms with E-state index in [2.05, 4.69) is 36.5 Å². The lowest BCUT2D eigenvalue weighted by Gasteiger charge is -2.35. The van der Waals surface area contributed by atoms with E-state index in [4.69, 9.17) is 4.74 Å². The predicted octanol–water partition coefficient (Wildman–Crippen LogP) is 4.05. The van der Waals surface area contributed by atoms with Crippen LogP contribution in [0.1, 0.15) is 57.9 Å². The number of anilines is 1. The van der Waals surface area contributed by atoms with Gasteiger partial charge in [0.05, 0.1) is 5.41 Å². The zero-order valence-corrected chi connectivity index (χ0v) is 15.9. The van der Waals surface area contributed by atoms with Crippen LogP contribution < -0.4 is 10.2 Å². The Balaban J connectivity index is 1.57. The fourth-order valence-electron chi connectivity index (χ4n) is 4.12. The van der Waals surface area contributed by atoms with Gasteiger partial charge in [-0.15, -0.1) is 0 Å². The molecule has 5 nitrogen and oxygen atoms in total. The quantitative estimate of drug-likeness (QED) is 0.864. The maximum absolute atomic E-state index is 13.1. The molecule has 0 atom stereocenters. The lowest BCUT2D eigenvalue weighted by atomic mass is 9.72. The maximum Gasteiger partial charge on any atom is 0.407 e. The molecule has 2 aliphatic rings. The van der Waals surface area contributed by atoms with Crippen molar-refractivity contribution in [3.05, 3.63) is 29.8 Å². The van der Waals surface area contributed by atoms with Gasteiger partial charge < -0.3 is 15.0 Å². The molecule has 1 heterocycles. The third-order valence-electron chi connectivity index (χ3n) is 5.85. The summed E-state index contributed by atoms with van der Waals surface area (Å²) in [6.45, 7) is 5.57. The van der Waals surface area contributed by atoms with E-state index in [1.54, 1.807) is 0 Å². The normalized spacial score (nSPS) is 25.5. The van der Waals surface area contributed by atoms with Crippen LogP contribution in [-0.2, 0) is 16.0 Å². The van der Waals surface area contributed by atoms with Crippen LogP contribution in [-0.4, -0.2) is 31.2 Å². The minimum atomic E-state index is -0.330. The highest BCUT2D eigenvalue weighted by atomic mass is 16.6. The Hall–Kier alpha value is -2.04. The van der Waals surface area contributed by atoms with E-state index >= 15 is 0 Å². The molecule has 1 aliphatic carbocycles. The third kappa shape index (κ3) is 3.87. The standard InChI is InChI=1S/C21H30N2O3/c1-3-14-22-20(25)26-18-9-11-21(12-10-18)13-15-23(19(21)24)17-7-5-16(4-2)6-8-17/h5-8,18H,3-4,9-15H2,1-2H3,(H,22,25)/t18-,21+. The van der Waals surface area contributed by atoms with Crippen LogP contribution in [0.25, 0.3) is 0 Å². The number of carbonyl (C=O) groups excluding carboxylic acids is 2. The van der Waals surface area contributed by atoms with Crippen LogP contribution in [0.3, 0.4) is 0 Å². The molecule has 3 rings (SSSR count). The Morgan fingerprint density at radius 1 is 1.19 bits per heavy atom. The van der Waals surface area contributed by atoms with E-state index in [-0.39, 0.29) is 23.5 Å². The summed E-state index contributed by atoms with van der Waals surface area (Å²) in [5.74, 6) is 0.246. The summed E-state index contributed by atoms with van der Waals surface area (Å²) in [5.41, 5.74) is 2.03. The van der Waals surface area contributed by atoms with Crippen LogP contribution in [0, 0.1) is 5.41 Å². The first-order chi connectivity index (χ1) is 12.6. The molecule has 1 saturated heterocycles. The van der Waals surface area contributed by atoms with Crippen molar-refractivity contribution in [3.8, 4) is 0 Å². The fourth-order valence-corrected chi connectivity index (χ4v) is 4.12. The molecule has 1 aromatic carbocycles. The van der Waals surface area contributed by atoms with Crippen molar-refractivity contribution in [1.29, 1.82) is 0 Å². The number of hydrogen-bond acceptors (Lipinski definition) is 3. The van der Waals surface area contributed by atoms with Gasteiger partial charge in [0, 0.05) is 18.8 Å². The summed E-state index contributed by atoms with van der Waals surface area (Å²) in [4.78, 5) is 26.8. The smallest absolute Gasteiger partial charge is 0.407 e. The van der Waals surface area contributed by atoms with E-state index in [1.807, 2.05) is 11.8 Å². The molecule has 1 spiro atoms. The average molecular weight is 358 g/mol. The second-order valence-corrected chi connectivity index (χ2v) is 7.54. The van der Waals surface area contributed by atoms with Gasteiger partial charge in [-0.05, 0) is 62.6 Å². The molecule has 0 aromatic heterocycles. The summed E-state index contributed by atoms with van der Waals surface area (Å²) >= 11 is 0. The van der Waals surface area contributed by atoms with Gasteiger partial charge in [-0.1, -0.05) is 26.0 Å². The molecule has 0 bridgehead atoms. The molecular formula is C21H30N2O3. The van der Waals surface area contributed by atoms with Crippen molar-refractivity contribution in [2.75, 3.05) is 18.0 Å². The van der Waals surface area contributed by atoms with Crippen molar-refractivity contribution in [3.63, 3.8) is 0 Å². The van der Waals surface area contributed by atoms with Gasteiger partial charge in [0.1, 0.15) is 6.10 Å². The highest BCUT2D eigenvalue weighted by Crippen LogP contribution is 2.46. The number of nitrogens with zero attached hydrogens (tertiary/aromatic N) is 1. The number of amides is 2. The number of rotatable bonds is 5. The first kappa shape index (κ1) is 18.7. The van der Waals surface area contributed by atoms with Gasteiger partial charge in [-0.2, -0.15) is 0 Å². The number of carbonyl (C=O) groups is 2. The van der Waals surface area contributed by atoms with Crippen LogP contribution in [0.15, 0.2) is 24.3 Å². The molecule has 2 fully saturated rings. The molecule has 26 heavy (non-hydrogen) atoms. The van der Waals surface area contributed by atoms with Crippen molar-refractivity contribution in [1.82, 2.24) is 5.32 Å². The van der Waals surface area contributed by atoms with Crippen molar-refractivity contribution < 1.29 is 14.3 Å². The van der Waals surface area contributed by atoms with E-state index in [1.165, 1.54) is 5.56 Å². The number of aryl methyl sites for hydroxylation is 1. The molecule has 1 aliphatic heterocycles. The van der Waals surface area contributed by atoms with Crippen LogP contribution in [0.2, 0.25) is 0 Å². The zero-order chi connectivity index (χ0) is 18.6. The largest absolute Gasteiger partial charge is 0.446 e. The molecule has 0 unspecified atom stereocenters. The molecule has 1 N–H and O–H groups in total. The highest BCUT2D eigenvalue weighted by molar-refractivity contribution is 6.00. The minimum Gasteiger partial charge on any atom is -0.446 e. The molecule has 0 radical (unpaired) electrons. The Bertz CT molecular complexity index is 633. The zero-order valence-electron chi connectivity index (χ0n) is 15.9. The number of hydrogen-bond donors (Lipinski definition) is 1. The van der Waals surface area contributed by atoms with Gasteiger partial charge in [0.2, 0.25) is 5.91 Å².